The van der Waals surface area contributed by atoms with E-state index in [0.717, 1.165) is 24.3 Å². The summed E-state index contributed by atoms with van der Waals surface area (Å²) in [7, 11) is 0. The van der Waals surface area contributed by atoms with Gasteiger partial charge in [0.2, 0.25) is 0 Å². The molecular weight excluding hydrogens is 315 g/mol. The van der Waals surface area contributed by atoms with E-state index in [1.54, 1.807) is 0 Å². The molecule has 1 heterocycles. The summed E-state index contributed by atoms with van der Waals surface area (Å²) in [5.41, 5.74) is -0.795. The van der Waals surface area contributed by atoms with Crippen LogP contribution in [0.3, 0.4) is 0 Å². The zero-order chi connectivity index (χ0) is 17.0. The molecule has 1 aliphatic heterocycles. The van der Waals surface area contributed by atoms with Crippen molar-refractivity contribution in [3.8, 4) is 5.75 Å². The molecule has 0 radical (unpaired) electrons. The van der Waals surface area contributed by atoms with Crippen molar-refractivity contribution in [1.82, 2.24) is 4.90 Å². The van der Waals surface area contributed by atoms with Crippen molar-refractivity contribution in [1.29, 1.82) is 0 Å². The number of benzene rings is 1. The van der Waals surface area contributed by atoms with Crippen molar-refractivity contribution in [2.24, 2.45) is 5.92 Å². The largest absolute Gasteiger partial charge is 0.484 e. The molecule has 1 aromatic rings. The van der Waals surface area contributed by atoms with E-state index >= 15 is 0 Å². The molecule has 0 aromatic heterocycles. The lowest BCUT2D eigenvalue weighted by molar-refractivity contribution is -0.146. The van der Waals surface area contributed by atoms with Gasteiger partial charge in [-0.2, -0.15) is 13.2 Å². The predicted octanol–water partition coefficient (Wildman–Crippen LogP) is 2.41. The molecule has 1 amide bonds. The molecule has 1 aliphatic rings. The summed E-state index contributed by atoms with van der Waals surface area (Å²) in [4.78, 5) is 24.4. The Morgan fingerprint density at radius 3 is 2.48 bits per heavy atom. The number of ether oxygens (including phenoxy) is 1. The lowest BCUT2D eigenvalue weighted by Gasteiger charge is -2.30. The van der Waals surface area contributed by atoms with Crippen LogP contribution in [0, 0.1) is 5.92 Å². The number of piperidine rings is 1. The second-order valence-corrected chi connectivity index (χ2v) is 5.33. The van der Waals surface area contributed by atoms with Gasteiger partial charge < -0.3 is 14.7 Å². The molecule has 0 saturated carbocycles. The highest BCUT2D eigenvalue weighted by atomic mass is 19.4. The summed E-state index contributed by atoms with van der Waals surface area (Å²) >= 11 is 0. The van der Waals surface area contributed by atoms with Crippen LogP contribution < -0.4 is 4.74 Å². The third kappa shape index (κ3) is 4.61. The van der Waals surface area contributed by atoms with Gasteiger partial charge in [0.1, 0.15) is 5.75 Å². The first-order valence-corrected chi connectivity index (χ1v) is 7.08. The van der Waals surface area contributed by atoms with Crippen LogP contribution in [0.4, 0.5) is 13.2 Å². The van der Waals surface area contributed by atoms with Gasteiger partial charge >= 0.3 is 12.1 Å². The van der Waals surface area contributed by atoms with Crippen molar-refractivity contribution >= 4 is 11.9 Å². The maximum absolute atomic E-state index is 12.4. The van der Waals surface area contributed by atoms with Gasteiger partial charge in [-0.1, -0.05) is 0 Å². The fourth-order valence-corrected chi connectivity index (χ4v) is 2.38. The molecule has 0 unspecified atom stereocenters. The van der Waals surface area contributed by atoms with E-state index in [1.807, 2.05) is 0 Å². The molecule has 0 spiro atoms. The van der Waals surface area contributed by atoms with Crippen LogP contribution in [0.5, 0.6) is 5.75 Å². The Hall–Kier alpha value is -2.25. The Kier molecular flexibility index (Phi) is 5.12. The SMILES string of the molecule is O=C(O)[C@@H]1CCCN(C(=O)COc2ccc(C(F)(F)F)cc2)C1. The van der Waals surface area contributed by atoms with Crippen molar-refractivity contribution in [3.63, 3.8) is 0 Å². The number of hydrogen-bond donors (Lipinski definition) is 1. The molecule has 2 rings (SSSR count). The fourth-order valence-electron chi connectivity index (χ4n) is 2.38. The number of likely N-dealkylation sites (tertiary alicyclic amines) is 1. The van der Waals surface area contributed by atoms with Crippen LogP contribution in [0.1, 0.15) is 18.4 Å². The third-order valence-electron chi connectivity index (χ3n) is 3.67. The van der Waals surface area contributed by atoms with E-state index in [0.29, 0.717) is 19.4 Å². The van der Waals surface area contributed by atoms with Crippen molar-refractivity contribution in [2.45, 2.75) is 19.0 Å². The van der Waals surface area contributed by atoms with Gasteiger partial charge in [0.05, 0.1) is 11.5 Å². The minimum absolute atomic E-state index is 0.130. The summed E-state index contributed by atoms with van der Waals surface area (Å²) in [5, 5.41) is 8.98. The molecule has 0 aliphatic carbocycles. The molecular formula is C15H16F3NO4. The molecule has 1 atom stereocenters. The van der Waals surface area contributed by atoms with Gasteiger partial charge in [-0.3, -0.25) is 9.59 Å². The summed E-state index contributed by atoms with van der Waals surface area (Å²) in [6.07, 6.45) is -3.30. The quantitative estimate of drug-likeness (QED) is 0.920. The van der Waals surface area contributed by atoms with Crippen LogP contribution in [0.25, 0.3) is 0 Å². The molecule has 1 fully saturated rings. The van der Waals surface area contributed by atoms with Gasteiger partial charge in [0.25, 0.3) is 5.91 Å². The summed E-state index contributed by atoms with van der Waals surface area (Å²) in [6.45, 7) is 0.251. The molecule has 1 aromatic carbocycles. The molecule has 8 heteroatoms. The van der Waals surface area contributed by atoms with E-state index in [9.17, 15) is 22.8 Å². The Morgan fingerprint density at radius 1 is 1.26 bits per heavy atom. The van der Waals surface area contributed by atoms with E-state index in [-0.39, 0.29) is 24.8 Å². The van der Waals surface area contributed by atoms with E-state index < -0.39 is 23.6 Å². The Labute approximate surface area is 130 Å². The molecule has 1 saturated heterocycles. The van der Waals surface area contributed by atoms with Crippen LogP contribution >= 0.6 is 0 Å². The Balaban J connectivity index is 1.88. The highest BCUT2D eigenvalue weighted by Gasteiger charge is 2.30. The number of hydrogen-bond acceptors (Lipinski definition) is 3. The smallest absolute Gasteiger partial charge is 0.416 e. The van der Waals surface area contributed by atoms with Crippen molar-refractivity contribution in [2.75, 3.05) is 19.7 Å². The first kappa shape index (κ1) is 17.1. The number of aliphatic carboxylic acids is 1. The average Bonchev–Trinajstić information content (AvgIpc) is 2.52. The highest BCUT2D eigenvalue weighted by Crippen LogP contribution is 2.30. The van der Waals surface area contributed by atoms with Crippen LogP contribution in [0.15, 0.2) is 24.3 Å². The average molecular weight is 331 g/mol. The van der Waals surface area contributed by atoms with Crippen LogP contribution in [0.2, 0.25) is 0 Å². The monoisotopic (exact) mass is 331 g/mol. The summed E-state index contributed by atoms with van der Waals surface area (Å²) < 4.78 is 42.5. The van der Waals surface area contributed by atoms with Gasteiger partial charge in [-0.05, 0) is 37.1 Å². The summed E-state index contributed by atoms with van der Waals surface area (Å²) in [5.74, 6) is -1.75. The first-order chi connectivity index (χ1) is 10.8. The number of alkyl halides is 3. The van der Waals surface area contributed by atoms with Crippen LogP contribution in [-0.4, -0.2) is 41.6 Å². The third-order valence-corrected chi connectivity index (χ3v) is 3.67. The minimum Gasteiger partial charge on any atom is -0.484 e. The number of amides is 1. The van der Waals surface area contributed by atoms with Gasteiger partial charge in [0, 0.05) is 13.1 Å². The lowest BCUT2D eigenvalue weighted by atomic mass is 9.98. The normalized spacial score (nSPS) is 18.6. The highest BCUT2D eigenvalue weighted by molar-refractivity contribution is 5.79. The number of nitrogens with zero attached hydrogens (tertiary/aromatic N) is 1. The zero-order valence-electron chi connectivity index (χ0n) is 12.2. The summed E-state index contributed by atoms with van der Waals surface area (Å²) in [6, 6.07) is 4.04. The van der Waals surface area contributed by atoms with E-state index in [1.165, 1.54) is 4.90 Å². The van der Waals surface area contributed by atoms with E-state index in [2.05, 4.69) is 0 Å². The minimum atomic E-state index is -4.42. The zero-order valence-corrected chi connectivity index (χ0v) is 12.2. The number of carboxylic acids is 1. The topological polar surface area (TPSA) is 66.8 Å². The number of carbonyl (C=O) groups is 2. The molecule has 126 valence electrons. The van der Waals surface area contributed by atoms with Crippen molar-refractivity contribution < 1.29 is 32.6 Å². The van der Waals surface area contributed by atoms with Crippen molar-refractivity contribution in [3.05, 3.63) is 29.8 Å². The molecule has 1 N–H and O–H groups in total. The second kappa shape index (κ2) is 6.89. The molecule has 5 nitrogen and oxygen atoms in total. The maximum atomic E-state index is 12.4. The first-order valence-electron chi connectivity index (χ1n) is 7.08. The molecule has 23 heavy (non-hydrogen) atoms. The second-order valence-electron chi connectivity index (χ2n) is 5.33. The number of carboxylic acid groups (broad SMARTS) is 1. The Morgan fingerprint density at radius 2 is 1.91 bits per heavy atom. The number of carbonyl (C=O) groups excluding carboxylic acids is 1. The van der Waals surface area contributed by atoms with E-state index in [4.69, 9.17) is 9.84 Å². The number of halogens is 3. The lowest BCUT2D eigenvalue weighted by Crippen LogP contribution is -2.44. The number of rotatable bonds is 4. The van der Waals surface area contributed by atoms with Crippen LogP contribution in [-0.2, 0) is 15.8 Å². The molecule has 0 bridgehead atoms. The van der Waals surface area contributed by atoms with Gasteiger partial charge in [-0.15, -0.1) is 0 Å². The van der Waals surface area contributed by atoms with Gasteiger partial charge in [0.15, 0.2) is 6.61 Å². The Bertz CT molecular complexity index is 571. The maximum Gasteiger partial charge on any atom is 0.416 e. The fraction of sp³-hybridized carbons (Fsp3) is 0.467. The van der Waals surface area contributed by atoms with Gasteiger partial charge in [-0.25, -0.2) is 0 Å². The standard InChI is InChI=1S/C15H16F3NO4/c16-15(17,18)11-3-5-12(6-4-11)23-9-13(20)19-7-1-2-10(8-19)14(21)22/h3-6,10H,1-2,7-9H2,(H,21,22)/t10-/m1/s1. The predicted molar refractivity (Wildman–Crippen MR) is 73.9 cm³/mol.